The highest BCUT2D eigenvalue weighted by Gasteiger charge is 2.36. The SMILES string of the molecule is CC1(CNc2ccnc3cc(Br)cnc23)CC1. The number of hydrogen-bond acceptors (Lipinski definition) is 3. The van der Waals surface area contributed by atoms with Crippen LogP contribution in [-0.2, 0) is 0 Å². The van der Waals surface area contributed by atoms with Crippen LogP contribution in [0.15, 0.2) is 29.0 Å². The van der Waals surface area contributed by atoms with Crippen molar-refractivity contribution in [1.29, 1.82) is 0 Å². The van der Waals surface area contributed by atoms with Gasteiger partial charge in [-0.05, 0) is 46.3 Å². The molecule has 1 fully saturated rings. The summed E-state index contributed by atoms with van der Waals surface area (Å²) >= 11 is 3.41. The molecule has 3 rings (SSSR count). The van der Waals surface area contributed by atoms with E-state index in [0.717, 1.165) is 27.7 Å². The summed E-state index contributed by atoms with van der Waals surface area (Å²) < 4.78 is 0.962. The van der Waals surface area contributed by atoms with Gasteiger partial charge >= 0.3 is 0 Å². The average Bonchev–Trinajstić information content (AvgIpc) is 3.05. The lowest BCUT2D eigenvalue weighted by Gasteiger charge is -2.12. The fourth-order valence-electron chi connectivity index (χ4n) is 1.85. The van der Waals surface area contributed by atoms with Gasteiger partial charge < -0.3 is 5.32 Å². The lowest BCUT2D eigenvalue weighted by atomic mass is 10.1. The Morgan fingerprint density at radius 3 is 3.00 bits per heavy atom. The number of fused-ring (bicyclic) bond motifs is 1. The Labute approximate surface area is 109 Å². The second-order valence-electron chi connectivity index (χ2n) is 5.04. The van der Waals surface area contributed by atoms with Crippen LogP contribution < -0.4 is 5.32 Å². The van der Waals surface area contributed by atoms with Crippen LogP contribution >= 0.6 is 15.9 Å². The number of hydrogen-bond donors (Lipinski definition) is 1. The highest BCUT2D eigenvalue weighted by atomic mass is 79.9. The quantitative estimate of drug-likeness (QED) is 0.939. The van der Waals surface area contributed by atoms with E-state index in [1.54, 1.807) is 0 Å². The second kappa shape index (κ2) is 3.95. The third kappa shape index (κ3) is 2.27. The summed E-state index contributed by atoms with van der Waals surface area (Å²) in [6.45, 7) is 3.33. The van der Waals surface area contributed by atoms with Crippen molar-refractivity contribution in [3.63, 3.8) is 0 Å². The van der Waals surface area contributed by atoms with E-state index in [1.807, 2.05) is 24.5 Å². The molecule has 1 saturated carbocycles. The van der Waals surface area contributed by atoms with Gasteiger partial charge in [0.15, 0.2) is 0 Å². The van der Waals surface area contributed by atoms with Crippen molar-refractivity contribution < 1.29 is 0 Å². The van der Waals surface area contributed by atoms with Crippen LogP contribution in [0.4, 0.5) is 5.69 Å². The summed E-state index contributed by atoms with van der Waals surface area (Å²) in [5.74, 6) is 0. The molecule has 2 aromatic heterocycles. The van der Waals surface area contributed by atoms with Crippen molar-refractivity contribution in [2.75, 3.05) is 11.9 Å². The van der Waals surface area contributed by atoms with E-state index in [9.17, 15) is 0 Å². The van der Waals surface area contributed by atoms with Crippen molar-refractivity contribution >= 4 is 32.7 Å². The van der Waals surface area contributed by atoms with E-state index >= 15 is 0 Å². The van der Waals surface area contributed by atoms with Crippen LogP contribution in [0.3, 0.4) is 0 Å². The normalized spacial score (nSPS) is 17.1. The van der Waals surface area contributed by atoms with E-state index < -0.39 is 0 Å². The molecular weight excluding hydrogens is 278 g/mol. The lowest BCUT2D eigenvalue weighted by molar-refractivity contribution is 0.611. The van der Waals surface area contributed by atoms with Gasteiger partial charge in [0.2, 0.25) is 0 Å². The van der Waals surface area contributed by atoms with Crippen LogP contribution in [0.5, 0.6) is 0 Å². The number of pyridine rings is 2. The molecule has 3 nitrogen and oxygen atoms in total. The van der Waals surface area contributed by atoms with Gasteiger partial charge in [-0.15, -0.1) is 0 Å². The van der Waals surface area contributed by atoms with E-state index in [2.05, 4.69) is 38.1 Å². The van der Waals surface area contributed by atoms with Crippen LogP contribution in [0, 0.1) is 5.41 Å². The molecule has 0 aliphatic heterocycles. The fourth-order valence-corrected chi connectivity index (χ4v) is 2.17. The highest BCUT2D eigenvalue weighted by Crippen LogP contribution is 2.44. The van der Waals surface area contributed by atoms with Crippen molar-refractivity contribution in [2.45, 2.75) is 19.8 Å². The second-order valence-corrected chi connectivity index (χ2v) is 5.96. The maximum Gasteiger partial charge on any atom is 0.112 e. The summed E-state index contributed by atoms with van der Waals surface area (Å²) in [6.07, 6.45) is 6.28. The van der Waals surface area contributed by atoms with Gasteiger partial charge in [-0.3, -0.25) is 9.97 Å². The molecule has 0 atom stereocenters. The predicted molar refractivity (Wildman–Crippen MR) is 73.1 cm³/mol. The molecule has 0 radical (unpaired) electrons. The Kier molecular flexibility index (Phi) is 2.54. The first kappa shape index (κ1) is 11.0. The summed E-state index contributed by atoms with van der Waals surface area (Å²) in [7, 11) is 0. The summed E-state index contributed by atoms with van der Waals surface area (Å²) in [5, 5.41) is 3.49. The van der Waals surface area contributed by atoms with Crippen molar-refractivity contribution in [3.8, 4) is 0 Å². The predicted octanol–water partition coefficient (Wildman–Crippen LogP) is 3.60. The van der Waals surface area contributed by atoms with E-state index in [1.165, 1.54) is 12.8 Å². The van der Waals surface area contributed by atoms with Crippen molar-refractivity contribution in [2.24, 2.45) is 5.41 Å². The first-order chi connectivity index (χ1) is 8.16. The Bertz CT molecular complexity index is 564. The topological polar surface area (TPSA) is 37.8 Å². The zero-order valence-electron chi connectivity index (χ0n) is 9.70. The molecule has 88 valence electrons. The van der Waals surface area contributed by atoms with Crippen LogP contribution in [-0.4, -0.2) is 16.5 Å². The van der Waals surface area contributed by atoms with E-state index in [-0.39, 0.29) is 0 Å². The number of anilines is 1. The first-order valence-electron chi connectivity index (χ1n) is 5.80. The van der Waals surface area contributed by atoms with E-state index in [0.29, 0.717) is 5.41 Å². The van der Waals surface area contributed by atoms with Crippen molar-refractivity contribution in [1.82, 2.24) is 9.97 Å². The van der Waals surface area contributed by atoms with Crippen LogP contribution in [0.2, 0.25) is 0 Å². The van der Waals surface area contributed by atoms with Gasteiger partial charge in [0.05, 0.1) is 11.2 Å². The Morgan fingerprint density at radius 2 is 2.24 bits per heavy atom. The molecule has 1 aliphatic rings. The molecule has 0 amide bonds. The molecule has 0 bridgehead atoms. The van der Waals surface area contributed by atoms with Crippen LogP contribution in [0.25, 0.3) is 11.0 Å². The zero-order chi connectivity index (χ0) is 11.9. The molecule has 0 unspecified atom stereocenters. The van der Waals surface area contributed by atoms with Crippen LogP contribution in [0.1, 0.15) is 19.8 Å². The van der Waals surface area contributed by atoms with Gasteiger partial charge in [-0.2, -0.15) is 0 Å². The Balaban J connectivity index is 1.92. The molecule has 0 saturated heterocycles. The van der Waals surface area contributed by atoms with Gasteiger partial charge in [-0.1, -0.05) is 6.92 Å². The zero-order valence-corrected chi connectivity index (χ0v) is 11.3. The molecule has 1 aliphatic carbocycles. The Morgan fingerprint density at radius 1 is 1.41 bits per heavy atom. The van der Waals surface area contributed by atoms with Gasteiger partial charge in [0.1, 0.15) is 5.52 Å². The number of halogens is 1. The molecule has 2 heterocycles. The lowest BCUT2D eigenvalue weighted by Crippen LogP contribution is -2.12. The first-order valence-corrected chi connectivity index (χ1v) is 6.60. The Hall–Kier alpha value is -1.16. The maximum atomic E-state index is 4.43. The third-order valence-electron chi connectivity index (χ3n) is 3.35. The van der Waals surface area contributed by atoms with E-state index in [4.69, 9.17) is 0 Å². The summed E-state index contributed by atoms with van der Waals surface area (Å²) in [6, 6.07) is 3.99. The van der Waals surface area contributed by atoms with Gasteiger partial charge in [-0.25, -0.2) is 0 Å². The molecular formula is C13H14BrN3. The third-order valence-corrected chi connectivity index (χ3v) is 3.79. The number of nitrogens with zero attached hydrogens (tertiary/aromatic N) is 2. The molecule has 1 N–H and O–H groups in total. The fraction of sp³-hybridized carbons (Fsp3) is 0.385. The molecule has 0 aromatic carbocycles. The number of nitrogens with one attached hydrogen (secondary N) is 1. The summed E-state index contributed by atoms with van der Waals surface area (Å²) in [4.78, 5) is 8.76. The number of aromatic nitrogens is 2. The minimum Gasteiger partial charge on any atom is -0.383 e. The average molecular weight is 292 g/mol. The highest BCUT2D eigenvalue weighted by molar-refractivity contribution is 9.10. The summed E-state index contributed by atoms with van der Waals surface area (Å²) in [5.41, 5.74) is 3.44. The number of rotatable bonds is 3. The minimum absolute atomic E-state index is 0.491. The largest absolute Gasteiger partial charge is 0.383 e. The minimum atomic E-state index is 0.491. The van der Waals surface area contributed by atoms with Gasteiger partial charge in [0.25, 0.3) is 0 Å². The molecule has 4 heteroatoms. The molecule has 2 aromatic rings. The van der Waals surface area contributed by atoms with Gasteiger partial charge in [0, 0.05) is 23.4 Å². The monoisotopic (exact) mass is 291 g/mol. The standard InChI is InChI=1S/C13H14BrN3/c1-13(3-4-13)8-17-10-2-5-15-11-6-9(14)7-16-12(10)11/h2,5-7H,3-4,8H2,1H3,(H,15,17). The molecule has 0 spiro atoms. The molecule has 17 heavy (non-hydrogen) atoms. The van der Waals surface area contributed by atoms with Crippen molar-refractivity contribution in [3.05, 3.63) is 29.0 Å². The maximum absolute atomic E-state index is 4.43. The smallest absolute Gasteiger partial charge is 0.112 e.